The number of rotatable bonds is 6. The molecule has 1 rings (SSSR count). The van der Waals surface area contributed by atoms with Crippen molar-refractivity contribution in [3.05, 3.63) is 29.8 Å². The van der Waals surface area contributed by atoms with Gasteiger partial charge in [-0.1, -0.05) is 0 Å². The highest BCUT2D eigenvalue weighted by molar-refractivity contribution is 7.98. The van der Waals surface area contributed by atoms with Gasteiger partial charge in [0.1, 0.15) is 0 Å². The van der Waals surface area contributed by atoms with E-state index in [4.69, 9.17) is 5.26 Å². The standard InChI is InChI=1S/C14H19N3OS/c1-11(17(2)8-9-19-3)14(18)16-13-6-4-12(10-15)5-7-13/h4-7,11H,8-9H2,1-3H3,(H,16,18). The van der Waals surface area contributed by atoms with Gasteiger partial charge in [-0.3, -0.25) is 9.69 Å². The van der Waals surface area contributed by atoms with Gasteiger partial charge in [0.15, 0.2) is 0 Å². The molecule has 1 unspecified atom stereocenters. The largest absolute Gasteiger partial charge is 0.325 e. The third kappa shape index (κ3) is 4.93. The molecule has 5 heteroatoms. The number of likely N-dealkylation sites (N-methyl/N-ethyl adjacent to an activating group) is 1. The number of carbonyl (C=O) groups excluding carboxylic acids is 1. The maximum absolute atomic E-state index is 12.0. The Balaban J connectivity index is 2.55. The third-order valence-electron chi connectivity index (χ3n) is 2.97. The van der Waals surface area contributed by atoms with Crippen molar-refractivity contribution < 1.29 is 4.79 Å². The molecule has 0 bridgehead atoms. The second-order valence-electron chi connectivity index (χ2n) is 4.33. The first-order valence-electron chi connectivity index (χ1n) is 6.08. The van der Waals surface area contributed by atoms with Crippen LogP contribution in [0.25, 0.3) is 0 Å². The average Bonchev–Trinajstić information content (AvgIpc) is 2.44. The molecule has 1 N–H and O–H groups in total. The molecule has 1 aromatic carbocycles. The highest BCUT2D eigenvalue weighted by Crippen LogP contribution is 2.10. The van der Waals surface area contributed by atoms with Gasteiger partial charge < -0.3 is 5.32 Å². The second-order valence-corrected chi connectivity index (χ2v) is 5.31. The Kier molecular flexibility index (Phi) is 6.40. The Morgan fingerprint density at radius 3 is 2.63 bits per heavy atom. The van der Waals surface area contributed by atoms with E-state index < -0.39 is 0 Å². The number of carbonyl (C=O) groups is 1. The highest BCUT2D eigenvalue weighted by atomic mass is 32.2. The number of benzene rings is 1. The Bertz CT molecular complexity index is 453. The first kappa shape index (κ1) is 15.5. The molecular weight excluding hydrogens is 258 g/mol. The summed E-state index contributed by atoms with van der Waals surface area (Å²) < 4.78 is 0. The zero-order valence-corrected chi connectivity index (χ0v) is 12.3. The van der Waals surface area contributed by atoms with Gasteiger partial charge >= 0.3 is 0 Å². The molecule has 102 valence electrons. The minimum atomic E-state index is -0.178. The molecule has 0 aliphatic heterocycles. The molecule has 0 radical (unpaired) electrons. The molecule has 0 spiro atoms. The van der Waals surface area contributed by atoms with Crippen LogP contribution in [0.1, 0.15) is 12.5 Å². The minimum absolute atomic E-state index is 0.0340. The van der Waals surface area contributed by atoms with Crippen molar-refractivity contribution in [1.29, 1.82) is 5.26 Å². The molecule has 4 nitrogen and oxygen atoms in total. The van der Waals surface area contributed by atoms with E-state index in [1.807, 2.05) is 24.9 Å². The smallest absolute Gasteiger partial charge is 0.241 e. The fourth-order valence-electron chi connectivity index (χ4n) is 1.50. The van der Waals surface area contributed by atoms with E-state index in [-0.39, 0.29) is 11.9 Å². The van der Waals surface area contributed by atoms with E-state index in [2.05, 4.69) is 11.6 Å². The molecule has 0 aliphatic rings. The maximum Gasteiger partial charge on any atom is 0.241 e. The van der Waals surface area contributed by atoms with Gasteiger partial charge in [0.2, 0.25) is 5.91 Å². The molecule has 0 heterocycles. The molecule has 19 heavy (non-hydrogen) atoms. The van der Waals surface area contributed by atoms with Gasteiger partial charge in [-0.25, -0.2) is 0 Å². The van der Waals surface area contributed by atoms with Crippen molar-refractivity contribution in [1.82, 2.24) is 4.90 Å². The van der Waals surface area contributed by atoms with Crippen LogP contribution in [0.4, 0.5) is 5.69 Å². The normalized spacial score (nSPS) is 11.9. The van der Waals surface area contributed by atoms with Gasteiger partial charge in [0.25, 0.3) is 0 Å². The number of nitrogens with one attached hydrogen (secondary N) is 1. The lowest BCUT2D eigenvalue weighted by atomic mass is 10.2. The lowest BCUT2D eigenvalue weighted by molar-refractivity contribution is -0.120. The summed E-state index contributed by atoms with van der Waals surface area (Å²) in [5.41, 5.74) is 1.30. The van der Waals surface area contributed by atoms with Crippen LogP contribution in [0.2, 0.25) is 0 Å². The van der Waals surface area contributed by atoms with Crippen LogP contribution in [-0.2, 0) is 4.79 Å². The first-order valence-corrected chi connectivity index (χ1v) is 7.48. The van der Waals surface area contributed by atoms with E-state index in [0.717, 1.165) is 12.3 Å². The SMILES string of the molecule is CSCCN(C)C(C)C(=O)Nc1ccc(C#N)cc1. The van der Waals surface area contributed by atoms with E-state index in [1.165, 1.54) is 0 Å². The summed E-state index contributed by atoms with van der Waals surface area (Å²) in [7, 11) is 1.94. The van der Waals surface area contributed by atoms with Crippen molar-refractivity contribution in [3.63, 3.8) is 0 Å². The number of thioether (sulfide) groups is 1. The van der Waals surface area contributed by atoms with Crippen LogP contribution < -0.4 is 5.32 Å². The summed E-state index contributed by atoms with van der Waals surface area (Å²) in [4.78, 5) is 14.1. The molecule has 1 aromatic rings. The van der Waals surface area contributed by atoms with E-state index in [0.29, 0.717) is 11.3 Å². The lowest BCUT2D eigenvalue weighted by Crippen LogP contribution is -2.40. The third-order valence-corrected chi connectivity index (χ3v) is 3.56. The molecule has 1 atom stereocenters. The van der Waals surface area contributed by atoms with Crippen molar-refractivity contribution in [2.24, 2.45) is 0 Å². The average molecular weight is 277 g/mol. The lowest BCUT2D eigenvalue weighted by Gasteiger charge is -2.23. The second kappa shape index (κ2) is 7.82. The van der Waals surface area contributed by atoms with E-state index in [1.54, 1.807) is 36.0 Å². The Labute approximate surface area is 118 Å². The summed E-state index contributed by atoms with van der Waals surface area (Å²) in [5, 5.41) is 11.6. The topological polar surface area (TPSA) is 56.1 Å². The van der Waals surface area contributed by atoms with Crippen LogP contribution in [0.5, 0.6) is 0 Å². The van der Waals surface area contributed by atoms with Crippen molar-refractivity contribution >= 4 is 23.4 Å². The van der Waals surface area contributed by atoms with Gasteiger partial charge in [-0.05, 0) is 44.5 Å². The zero-order valence-electron chi connectivity index (χ0n) is 11.5. The fourth-order valence-corrected chi connectivity index (χ4v) is 1.97. The Morgan fingerprint density at radius 2 is 2.11 bits per heavy atom. The van der Waals surface area contributed by atoms with Crippen molar-refractivity contribution in [2.75, 3.05) is 30.9 Å². The maximum atomic E-state index is 12.0. The zero-order chi connectivity index (χ0) is 14.3. The molecule has 0 fully saturated rings. The molecule has 0 saturated carbocycles. The summed E-state index contributed by atoms with van der Waals surface area (Å²) >= 11 is 1.76. The quantitative estimate of drug-likeness (QED) is 0.866. The number of anilines is 1. The van der Waals surface area contributed by atoms with Crippen LogP contribution in [0, 0.1) is 11.3 Å². The summed E-state index contributed by atoms with van der Waals surface area (Å²) in [6.45, 7) is 2.77. The van der Waals surface area contributed by atoms with Crippen LogP contribution in [0.15, 0.2) is 24.3 Å². The predicted molar refractivity (Wildman–Crippen MR) is 80.3 cm³/mol. The van der Waals surface area contributed by atoms with Crippen LogP contribution in [-0.4, -0.2) is 42.4 Å². The Hall–Kier alpha value is -1.51. The number of hydrogen-bond acceptors (Lipinski definition) is 4. The number of nitriles is 1. The molecular formula is C14H19N3OS. The van der Waals surface area contributed by atoms with Crippen molar-refractivity contribution in [2.45, 2.75) is 13.0 Å². The highest BCUT2D eigenvalue weighted by Gasteiger charge is 2.17. The van der Waals surface area contributed by atoms with Crippen LogP contribution >= 0.6 is 11.8 Å². The van der Waals surface area contributed by atoms with Gasteiger partial charge in [-0.15, -0.1) is 0 Å². The monoisotopic (exact) mass is 277 g/mol. The number of nitrogens with zero attached hydrogens (tertiary/aromatic N) is 2. The van der Waals surface area contributed by atoms with Gasteiger partial charge in [0, 0.05) is 18.0 Å². The van der Waals surface area contributed by atoms with E-state index >= 15 is 0 Å². The molecule has 1 amide bonds. The van der Waals surface area contributed by atoms with Crippen molar-refractivity contribution in [3.8, 4) is 6.07 Å². The fraction of sp³-hybridized carbons (Fsp3) is 0.429. The predicted octanol–water partition coefficient (Wildman–Crippen LogP) is 2.18. The molecule has 0 aromatic heterocycles. The minimum Gasteiger partial charge on any atom is -0.325 e. The summed E-state index contributed by atoms with van der Waals surface area (Å²) in [6, 6.07) is 8.74. The summed E-state index contributed by atoms with van der Waals surface area (Å²) in [6.07, 6.45) is 2.05. The number of hydrogen-bond donors (Lipinski definition) is 1. The molecule has 0 saturated heterocycles. The summed E-state index contributed by atoms with van der Waals surface area (Å²) in [5.74, 6) is 0.971. The first-order chi connectivity index (χ1) is 9.08. The van der Waals surface area contributed by atoms with Gasteiger partial charge in [-0.2, -0.15) is 17.0 Å². The molecule has 0 aliphatic carbocycles. The Morgan fingerprint density at radius 1 is 1.47 bits per heavy atom. The van der Waals surface area contributed by atoms with Crippen LogP contribution in [0.3, 0.4) is 0 Å². The van der Waals surface area contributed by atoms with E-state index in [9.17, 15) is 4.79 Å². The number of amides is 1. The van der Waals surface area contributed by atoms with Gasteiger partial charge in [0.05, 0.1) is 17.7 Å².